The Morgan fingerprint density at radius 1 is 0.553 bits per heavy atom. The number of unbranched alkanes of at least 4 members (excludes halogenated alkanes) is 3. The van der Waals surface area contributed by atoms with Crippen LogP contribution in [0.4, 0.5) is 0 Å². The molecule has 0 atom stereocenters. The quantitative estimate of drug-likeness (QED) is 0.0941. The van der Waals surface area contributed by atoms with Gasteiger partial charge in [-0.2, -0.15) is 19.6 Å². The molecule has 38 heavy (non-hydrogen) atoms. The minimum absolute atomic E-state index is 0.379. The molecule has 2 N–H and O–H groups in total. The van der Waals surface area contributed by atoms with Crippen molar-refractivity contribution in [2.45, 2.75) is 180 Å². The molecule has 2 aliphatic carbocycles. The van der Waals surface area contributed by atoms with Gasteiger partial charge in [-0.15, -0.1) is 0 Å². The van der Waals surface area contributed by atoms with Crippen molar-refractivity contribution in [3.05, 3.63) is 0 Å². The van der Waals surface area contributed by atoms with Gasteiger partial charge in [0.1, 0.15) is 0 Å². The second kappa shape index (κ2) is 16.8. The monoisotopic (exact) mass is 552 g/mol. The Hall–Kier alpha value is -0.400. The minimum Gasteiger partial charge on any atom is -0.249 e. The van der Waals surface area contributed by atoms with E-state index in [1.807, 2.05) is 48.5 Å². The summed E-state index contributed by atoms with van der Waals surface area (Å²) in [5, 5.41) is 18.0. The van der Waals surface area contributed by atoms with Crippen LogP contribution in [0.1, 0.15) is 152 Å². The fourth-order valence-electron chi connectivity index (χ4n) is 4.11. The van der Waals surface area contributed by atoms with Crippen molar-refractivity contribution >= 4 is 0 Å². The van der Waals surface area contributed by atoms with Crippen LogP contribution in [0.5, 0.6) is 0 Å². The first-order chi connectivity index (χ1) is 17.7. The molecule has 0 heterocycles. The SMILES string of the molecule is CCCCCCC(C)(OOC(C)(C)C)OOC(C)(C)C.OOC1(OOC2(OO)CCCCC2)CCCCC1. The van der Waals surface area contributed by atoms with Gasteiger partial charge in [-0.3, -0.25) is 0 Å². The van der Waals surface area contributed by atoms with E-state index in [2.05, 4.69) is 16.7 Å². The molecule has 0 aromatic carbocycles. The molecule has 2 rings (SSSR count). The van der Waals surface area contributed by atoms with E-state index in [-0.39, 0.29) is 11.2 Å². The van der Waals surface area contributed by atoms with E-state index in [9.17, 15) is 0 Å². The number of hydrogen-bond acceptors (Lipinski definition) is 10. The lowest BCUT2D eigenvalue weighted by atomic mass is 9.94. The Labute approximate surface area is 230 Å². The average Bonchev–Trinajstić information content (AvgIpc) is 2.89. The zero-order chi connectivity index (χ0) is 28.8. The summed E-state index contributed by atoms with van der Waals surface area (Å²) < 4.78 is 0. The molecular formula is C28H56O10. The fraction of sp³-hybridized carbons (Fsp3) is 1.00. The van der Waals surface area contributed by atoms with Gasteiger partial charge in [0.05, 0.1) is 11.2 Å². The summed E-state index contributed by atoms with van der Waals surface area (Å²) in [5.74, 6) is -3.10. The van der Waals surface area contributed by atoms with Gasteiger partial charge < -0.3 is 0 Å². The summed E-state index contributed by atoms with van der Waals surface area (Å²) >= 11 is 0. The minimum atomic E-state index is -1.11. The molecule has 10 nitrogen and oxygen atoms in total. The lowest BCUT2D eigenvalue weighted by Crippen LogP contribution is -2.44. The Morgan fingerprint density at radius 3 is 1.26 bits per heavy atom. The van der Waals surface area contributed by atoms with Crippen molar-refractivity contribution in [1.82, 2.24) is 0 Å². The van der Waals surface area contributed by atoms with E-state index in [1.54, 1.807) is 0 Å². The first-order valence-corrected chi connectivity index (χ1v) is 14.5. The molecule has 0 aromatic rings. The topological polar surface area (TPSA) is 114 Å². The van der Waals surface area contributed by atoms with E-state index < -0.39 is 17.4 Å². The molecule has 0 bridgehead atoms. The third-order valence-electron chi connectivity index (χ3n) is 6.33. The maximum atomic E-state index is 9.02. The molecule has 0 amide bonds. The molecule has 228 valence electrons. The Kier molecular flexibility index (Phi) is 15.7. The highest BCUT2D eigenvalue weighted by Crippen LogP contribution is 2.37. The molecule has 10 heteroatoms. The first-order valence-electron chi connectivity index (χ1n) is 14.5. The molecule has 0 unspecified atom stereocenters. The van der Waals surface area contributed by atoms with Gasteiger partial charge in [-0.1, -0.05) is 39.0 Å². The molecule has 2 fully saturated rings. The summed E-state index contributed by atoms with van der Waals surface area (Å²) in [7, 11) is 0. The fourth-order valence-corrected chi connectivity index (χ4v) is 4.11. The maximum Gasteiger partial charge on any atom is 0.233 e. The van der Waals surface area contributed by atoms with Crippen molar-refractivity contribution in [3.8, 4) is 0 Å². The van der Waals surface area contributed by atoms with Gasteiger partial charge in [-0.25, -0.2) is 30.1 Å². The normalized spacial score (nSPS) is 20.1. The van der Waals surface area contributed by atoms with Gasteiger partial charge in [0.2, 0.25) is 17.4 Å². The Balaban J connectivity index is 0.000000381. The van der Waals surface area contributed by atoms with Gasteiger partial charge in [-0.05, 0) is 80.6 Å². The predicted octanol–water partition coefficient (Wildman–Crippen LogP) is 8.40. The molecule has 2 saturated carbocycles. The van der Waals surface area contributed by atoms with Crippen molar-refractivity contribution in [1.29, 1.82) is 0 Å². The predicted molar refractivity (Wildman–Crippen MR) is 142 cm³/mol. The number of hydrogen-bond donors (Lipinski definition) is 2. The van der Waals surface area contributed by atoms with E-state index in [0.29, 0.717) is 25.7 Å². The van der Waals surface area contributed by atoms with Gasteiger partial charge in [0.25, 0.3) is 0 Å². The molecule has 0 aromatic heterocycles. The third-order valence-corrected chi connectivity index (χ3v) is 6.33. The van der Waals surface area contributed by atoms with E-state index in [4.69, 9.17) is 39.8 Å². The molecule has 0 radical (unpaired) electrons. The first kappa shape index (κ1) is 35.6. The van der Waals surface area contributed by atoms with Crippen LogP contribution in [-0.2, 0) is 39.1 Å². The highest BCUT2D eigenvalue weighted by molar-refractivity contribution is 4.75. The highest BCUT2D eigenvalue weighted by atomic mass is 17.3. The zero-order valence-electron chi connectivity index (χ0n) is 25.3. The lowest BCUT2D eigenvalue weighted by Gasteiger charge is -2.37. The van der Waals surface area contributed by atoms with Crippen molar-refractivity contribution < 1.29 is 49.6 Å². The number of rotatable bonds is 14. The van der Waals surface area contributed by atoms with Crippen LogP contribution in [0.25, 0.3) is 0 Å². The maximum absolute atomic E-state index is 9.02. The van der Waals surface area contributed by atoms with Crippen LogP contribution in [-0.4, -0.2) is 39.1 Å². The van der Waals surface area contributed by atoms with Crippen LogP contribution in [0, 0.1) is 0 Å². The highest BCUT2D eigenvalue weighted by Gasteiger charge is 2.43. The van der Waals surface area contributed by atoms with Crippen LogP contribution in [0.3, 0.4) is 0 Å². The molecule has 2 aliphatic rings. The summed E-state index contributed by atoms with van der Waals surface area (Å²) in [6, 6.07) is 0. The van der Waals surface area contributed by atoms with Crippen LogP contribution in [0.2, 0.25) is 0 Å². The lowest BCUT2D eigenvalue weighted by molar-refractivity contribution is -0.577. The Morgan fingerprint density at radius 2 is 0.947 bits per heavy atom. The van der Waals surface area contributed by atoms with Crippen LogP contribution < -0.4 is 0 Å². The zero-order valence-corrected chi connectivity index (χ0v) is 25.3. The van der Waals surface area contributed by atoms with E-state index in [1.165, 1.54) is 12.8 Å². The summed E-state index contributed by atoms with van der Waals surface area (Å²) in [5.41, 5.74) is -0.758. The van der Waals surface area contributed by atoms with Crippen LogP contribution in [0.15, 0.2) is 0 Å². The molecule has 0 spiro atoms. The van der Waals surface area contributed by atoms with Gasteiger partial charge >= 0.3 is 0 Å². The molecular weight excluding hydrogens is 496 g/mol. The summed E-state index contributed by atoms with van der Waals surface area (Å²) in [6.45, 7) is 15.7. The van der Waals surface area contributed by atoms with Crippen LogP contribution >= 0.6 is 0 Å². The van der Waals surface area contributed by atoms with Crippen molar-refractivity contribution in [2.75, 3.05) is 0 Å². The largest absolute Gasteiger partial charge is 0.249 e. The average molecular weight is 553 g/mol. The van der Waals surface area contributed by atoms with Crippen molar-refractivity contribution in [2.24, 2.45) is 0 Å². The smallest absolute Gasteiger partial charge is 0.233 e. The second-order valence-corrected chi connectivity index (χ2v) is 12.8. The second-order valence-electron chi connectivity index (χ2n) is 12.8. The Bertz CT molecular complexity index is 558. The van der Waals surface area contributed by atoms with E-state index >= 15 is 0 Å². The van der Waals surface area contributed by atoms with E-state index in [0.717, 1.165) is 57.8 Å². The summed E-state index contributed by atoms with van der Waals surface area (Å²) in [4.78, 5) is 41.4. The van der Waals surface area contributed by atoms with Gasteiger partial charge in [0, 0.05) is 32.1 Å². The molecule has 0 aliphatic heterocycles. The van der Waals surface area contributed by atoms with Gasteiger partial charge in [0.15, 0.2) is 0 Å². The van der Waals surface area contributed by atoms with Crippen molar-refractivity contribution in [3.63, 3.8) is 0 Å². The third kappa shape index (κ3) is 14.8. The molecule has 0 saturated heterocycles. The summed E-state index contributed by atoms with van der Waals surface area (Å²) in [6.07, 6.45) is 13.5. The standard InChI is InChI=1S/C16H34O4.C12H22O6/c1-9-10-11-12-13-16(8,19-17-14(2,3)4)20-18-15(5,6)7;13-15-11(7-3-1-4-8-11)17-18-12(16-14)9-5-2-6-10-12/h9-13H2,1-8H3;13-14H,1-10H2.